The highest BCUT2D eigenvalue weighted by Crippen LogP contribution is 2.40. The number of phenolic OH excluding ortho intramolecular Hbond substituents is 1. The lowest BCUT2D eigenvalue weighted by atomic mass is 9.86. The minimum Gasteiger partial charge on any atom is -0.507 e. The van der Waals surface area contributed by atoms with Crippen molar-refractivity contribution in [1.82, 2.24) is 30.0 Å². The number of imidazole rings is 1. The third-order valence-corrected chi connectivity index (χ3v) is 6.45. The van der Waals surface area contributed by atoms with E-state index in [9.17, 15) is 5.11 Å². The molecule has 9 heteroatoms. The summed E-state index contributed by atoms with van der Waals surface area (Å²) < 4.78 is 17.0. The quantitative estimate of drug-likeness (QED) is 0.684. The van der Waals surface area contributed by atoms with Crippen LogP contribution in [0.3, 0.4) is 0 Å². The molecule has 0 saturated carbocycles. The average Bonchev–Trinajstić information content (AvgIpc) is 3.40. The van der Waals surface area contributed by atoms with Crippen molar-refractivity contribution in [2.24, 2.45) is 0 Å². The van der Waals surface area contributed by atoms with Crippen molar-refractivity contribution in [2.45, 2.75) is 50.0 Å². The van der Waals surface area contributed by atoms with E-state index in [0.29, 0.717) is 23.2 Å². The van der Waals surface area contributed by atoms with Gasteiger partial charge in [-0.05, 0) is 38.3 Å². The average molecular weight is 409 g/mol. The standard InChI is InChI=1S/C21H24FN7O/c1-21-6-5-13(25-21)9-16(19(21)22)28(2)18-11-24-20(27-26-18)15-4-3-14(10-17(15)30)29-8-7-23-12-29/h3-4,7-8,10-13,16,19,25,30H,5-6,9H2,1-2H3/t13?,16-,19-,21+/m0/s1. The lowest BCUT2D eigenvalue weighted by Gasteiger charge is -2.43. The number of aromatic nitrogens is 5. The van der Waals surface area contributed by atoms with Crippen LogP contribution in [0.5, 0.6) is 5.75 Å². The van der Waals surface area contributed by atoms with E-state index in [1.54, 1.807) is 41.6 Å². The lowest BCUT2D eigenvalue weighted by molar-refractivity contribution is 0.111. The Labute approximate surface area is 173 Å². The first kappa shape index (κ1) is 18.9. The Kier molecular flexibility index (Phi) is 4.43. The summed E-state index contributed by atoms with van der Waals surface area (Å²) in [4.78, 5) is 10.2. The van der Waals surface area contributed by atoms with Crippen LogP contribution in [0, 0.1) is 0 Å². The molecule has 0 amide bonds. The van der Waals surface area contributed by atoms with Crippen LogP contribution in [0.15, 0.2) is 43.1 Å². The molecule has 2 aromatic heterocycles. The van der Waals surface area contributed by atoms with Crippen molar-refractivity contribution in [2.75, 3.05) is 11.9 Å². The van der Waals surface area contributed by atoms with Crippen LogP contribution in [0.25, 0.3) is 17.1 Å². The number of hydrogen-bond donors (Lipinski definition) is 2. The monoisotopic (exact) mass is 409 g/mol. The van der Waals surface area contributed by atoms with Gasteiger partial charge in [0.05, 0.1) is 29.8 Å². The SMILES string of the molecule is CN(c1cnc(-c2ccc(-n3ccnc3)cc2O)nn1)[C@H]1CC2CC[C@@](C)(N2)[C@H]1F. The number of hydrogen-bond acceptors (Lipinski definition) is 7. The molecule has 2 aliphatic heterocycles. The number of halogens is 1. The molecule has 30 heavy (non-hydrogen) atoms. The second-order valence-electron chi connectivity index (χ2n) is 8.42. The second-order valence-corrected chi connectivity index (χ2v) is 8.42. The van der Waals surface area contributed by atoms with Crippen molar-refractivity contribution < 1.29 is 9.50 Å². The Morgan fingerprint density at radius 2 is 2.20 bits per heavy atom. The van der Waals surface area contributed by atoms with Gasteiger partial charge in [0.25, 0.3) is 0 Å². The van der Waals surface area contributed by atoms with Crippen molar-refractivity contribution in [1.29, 1.82) is 0 Å². The molecule has 1 unspecified atom stereocenters. The molecule has 0 radical (unpaired) electrons. The third-order valence-electron chi connectivity index (χ3n) is 6.45. The first-order valence-electron chi connectivity index (χ1n) is 10.1. The van der Waals surface area contributed by atoms with Gasteiger partial charge >= 0.3 is 0 Å². The number of nitrogens with one attached hydrogen (secondary N) is 1. The molecule has 0 spiro atoms. The van der Waals surface area contributed by atoms with Gasteiger partial charge in [-0.15, -0.1) is 10.2 Å². The molecule has 8 nitrogen and oxygen atoms in total. The van der Waals surface area contributed by atoms with Gasteiger partial charge in [-0.3, -0.25) is 0 Å². The van der Waals surface area contributed by atoms with E-state index >= 15 is 4.39 Å². The maximum atomic E-state index is 15.2. The number of phenols is 1. The highest BCUT2D eigenvalue weighted by atomic mass is 19.1. The zero-order valence-corrected chi connectivity index (χ0v) is 16.9. The predicted octanol–water partition coefficient (Wildman–Crippen LogP) is 2.49. The van der Waals surface area contributed by atoms with E-state index in [4.69, 9.17) is 0 Å². The molecule has 0 aliphatic carbocycles. The van der Waals surface area contributed by atoms with Crippen LogP contribution in [0.1, 0.15) is 26.2 Å². The summed E-state index contributed by atoms with van der Waals surface area (Å²) in [5.74, 6) is 0.887. The summed E-state index contributed by atoms with van der Waals surface area (Å²) in [5, 5.41) is 22.3. The maximum Gasteiger partial charge on any atom is 0.185 e. The van der Waals surface area contributed by atoms with Gasteiger partial charge in [0.15, 0.2) is 11.6 Å². The normalized spacial score (nSPS) is 27.9. The van der Waals surface area contributed by atoms with Crippen LogP contribution in [0.4, 0.5) is 10.2 Å². The van der Waals surface area contributed by atoms with Gasteiger partial charge < -0.3 is 19.9 Å². The van der Waals surface area contributed by atoms with E-state index in [-0.39, 0.29) is 11.8 Å². The highest BCUT2D eigenvalue weighted by Gasteiger charge is 2.51. The Bertz CT molecular complexity index is 1040. The number of rotatable bonds is 4. The molecule has 2 aliphatic rings. The Morgan fingerprint density at radius 1 is 1.33 bits per heavy atom. The van der Waals surface area contributed by atoms with Gasteiger partial charge in [-0.2, -0.15) is 0 Å². The van der Waals surface area contributed by atoms with Crippen molar-refractivity contribution in [3.8, 4) is 22.8 Å². The smallest absolute Gasteiger partial charge is 0.185 e. The fourth-order valence-corrected chi connectivity index (χ4v) is 4.67. The van der Waals surface area contributed by atoms with Crippen molar-refractivity contribution in [3.63, 3.8) is 0 Å². The van der Waals surface area contributed by atoms with Crippen LogP contribution in [0.2, 0.25) is 0 Å². The number of piperidine rings is 1. The second kappa shape index (κ2) is 7.02. The van der Waals surface area contributed by atoms with Crippen LogP contribution >= 0.6 is 0 Å². The van der Waals surface area contributed by atoms with E-state index < -0.39 is 11.7 Å². The minimum absolute atomic E-state index is 0.0516. The summed E-state index contributed by atoms with van der Waals surface area (Å²) in [7, 11) is 1.84. The van der Waals surface area contributed by atoms with Gasteiger partial charge in [0, 0.05) is 37.1 Å². The highest BCUT2D eigenvalue weighted by molar-refractivity contribution is 5.66. The zero-order valence-electron chi connectivity index (χ0n) is 16.9. The molecular weight excluding hydrogens is 385 g/mol. The summed E-state index contributed by atoms with van der Waals surface area (Å²) in [6.07, 6.45) is 8.29. The summed E-state index contributed by atoms with van der Waals surface area (Å²) in [6.45, 7) is 1.96. The molecule has 5 rings (SSSR count). The van der Waals surface area contributed by atoms with Crippen LogP contribution in [-0.2, 0) is 0 Å². The summed E-state index contributed by atoms with van der Waals surface area (Å²) >= 11 is 0. The molecule has 2 fully saturated rings. The van der Waals surface area contributed by atoms with Gasteiger partial charge in [-0.1, -0.05) is 0 Å². The van der Waals surface area contributed by atoms with Crippen LogP contribution in [-0.4, -0.2) is 60.7 Å². The van der Waals surface area contributed by atoms with Crippen molar-refractivity contribution >= 4 is 5.82 Å². The first-order chi connectivity index (χ1) is 14.4. The molecule has 2 saturated heterocycles. The topological polar surface area (TPSA) is 92.0 Å². The molecule has 2 bridgehead atoms. The van der Waals surface area contributed by atoms with Gasteiger partial charge in [0.2, 0.25) is 0 Å². The lowest BCUT2D eigenvalue weighted by Crippen LogP contribution is -2.62. The Hall–Kier alpha value is -3.07. The van der Waals surface area contributed by atoms with Crippen LogP contribution < -0.4 is 10.2 Å². The van der Waals surface area contributed by atoms with E-state index in [0.717, 1.165) is 24.9 Å². The molecule has 1 aromatic carbocycles. The molecule has 156 valence electrons. The van der Waals surface area contributed by atoms with Gasteiger partial charge in [-0.25, -0.2) is 14.4 Å². The Balaban J connectivity index is 1.37. The van der Waals surface area contributed by atoms with Gasteiger partial charge in [0.1, 0.15) is 11.9 Å². The number of nitrogens with zero attached hydrogens (tertiary/aromatic N) is 6. The zero-order chi connectivity index (χ0) is 20.9. The minimum atomic E-state index is -0.998. The Morgan fingerprint density at radius 3 is 2.90 bits per heavy atom. The number of benzene rings is 1. The maximum absolute atomic E-state index is 15.2. The molecule has 2 N–H and O–H groups in total. The molecule has 4 atom stereocenters. The number of aromatic hydroxyl groups is 1. The van der Waals surface area contributed by atoms with E-state index in [1.807, 2.05) is 24.9 Å². The first-order valence-corrected chi connectivity index (χ1v) is 10.1. The fraction of sp³-hybridized carbons (Fsp3) is 0.429. The van der Waals surface area contributed by atoms with E-state index in [2.05, 4.69) is 25.5 Å². The summed E-state index contributed by atoms with van der Waals surface area (Å²) in [6, 6.07) is 5.28. The predicted molar refractivity (Wildman–Crippen MR) is 110 cm³/mol. The molecule has 3 aromatic rings. The molecule has 4 heterocycles. The largest absolute Gasteiger partial charge is 0.507 e. The third kappa shape index (κ3) is 3.09. The van der Waals surface area contributed by atoms with Crippen molar-refractivity contribution in [3.05, 3.63) is 43.1 Å². The number of fused-ring (bicyclic) bond motifs is 2. The number of alkyl halides is 1. The van der Waals surface area contributed by atoms with E-state index in [1.165, 1.54) is 0 Å². The summed E-state index contributed by atoms with van der Waals surface area (Å²) in [5.41, 5.74) is 0.781. The fourth-order valence-electron chi connectivity index (χ4n) is 4.67. The molecular formula is C21H24FN7O. The number of anilines is 1.